The Morgan fingerprint density at radius 2 is 1.84 bits per heavy atom. The molecule has 1 amide bonds. The van der Waals surface area contributed by atoms with Gasteiger partial charge in [-0.2, -0.15) is 0 Å². The van der Waals surface area contributed by atoms with Crippen molar-refractivity contribution in [1.82, 2.24) is 9.88 Å². The largest absolute Gasteiger partial charge is 0.461 e. The lowest BCUT2D eigenvalue weighted by Crippen LogP contribution is -2.41. The zero-order chi connectivity index (χ0) is 23.5. The normalized spacial score (nSPS) is 14.8. The summed E-state index contributed by atoms with van der Waals surface area (Å²) in [6, 6.07) is 5.70. The van der Waals surface area contributed by atoms with Gasteiger partial charge in [-0.1, -0.05) is 0 Å². The number of rotatable bonds is 5. The Labute approximate surface area is 185 Å². The molecule has 172 valence electrons. The molecule has 10 heteroatoms. The van der Waals surface area contributed by atoms with Crippen LogP contribution >= 0.6 is 0 Å². The lowest BCUT2D eigenvalue weighted by atomic mass is 9.97. The van der Waals surface area contributed by atoms with Crippen LogP contribution < -0.4 is 0 Å². The van der Waals surface area contributed by atoms with Crippen LogP contribution in [-0.2, 0) is 9.47 Å². The van der Waals surface area contributed by atoms with E-state index in [4.69, 9.17) is 13.9 Å². The van der Waals surface area contributed by atoms with Gasteiger partial charge in [-0.15, -0.1) is 0 Å². The first-order valence-electron chi connectivity index (χ1n) is 10.5. The number of oxazole rings is 1. The summed E-state index contributed by atoms with van der Waals surface area (Å²) >= 11 is 0. The number of non-ortho nitro benzene ring substituents is 1. The smallest absolute Gasteiger partial charge is 0.410 e. The first kappa shape index (κ1) is 23.2. The van der Waals surface area contributed by atoms with Crippen molar-refractivity contribution in [2.75, 3.05) is 19.7 Å². The fraction of sp³-hybridized carbons (Fsp3) is 0.500. The summed E-state index contributed by atoms with van der Waals surface area (Å²) < 4.78 is 16.5. The van der Waals surface area contributed by atoms with Gasteiger partial charge in [0.1, 0.15) is 5.60 Å². The minimum absolute atomic E-state index is 0.0327. The molecule has 0 spiro atoms. The van der Waals surface area contributed by atoms with Crippen molar-refractivity contribution >= 4 is 17.7 Å². The lowest BCUT2D eigenvalue weighted by molar-refractivity contribution is -0.384. The molecule has 0 bridgehead atoms. The zero-order valence-electron chi connectivity index (χ0n) is 18.6. The van der Waals surface area contributed by atoms with Gasteiger partial charge in [-0.25, -0.2) is 14.6 Å². The van der Waals surface area contributed by atoms with Gasteiger partial charge < -0.3 is 18.8 Å². The summed E-state index contributed by atoms with van der Waals surface area (Å²) in [5.41, 5.74) is -0.111. The van der Waals surface area contributed by atoms with Gasteiger partial charge in [0.05, 0.1) is 11.5 Å². The maximum Gasteiger partial charge on any atom is 0.410 e. The van der Waals surface area contributed by atoms with E-state index in [1.165, 1.54) is 24.3 Å². The van der Waals surface area contributed by atoms with Crippen molar-refractivity contribution in [2.24, 2.45) is 0 Å². The zero-order valence-corrected chi connectivity index (χ0v) is 18.6. The fourth-order valence-electron chi connectivity index (χ4n) is 3.41. The van der Waals surface area contributed by atoms with Crippen LogP contribution in [-0.4, -0.2) is 52.2 Å². The Bertz CT molecular complexity index is 984. The summed E-state index contributed by atoms with van der Waals surface area (Å²) in [5, 5.41) is 10.9. The van der Waals surface area contributed by atoms with E-state index in [0.717, 1.165) is 0 Å². The van der Waals surface area contributed by atoms with Gasteiger partial charge in [0, 0.05) is 36.7 Å². The summed E-state index contributed by atoms with van der Waals surface area (Å²) in [4.78, 5) is 41.2. The predicted molar refractivity (Wildman–Crippen MR) is 114 cm³/mol. The molecule has 1 saturated heterocycles. The Morgan fingerprint density at radius 3 is 2.38 bits per heavy atom. The summed E-state index contributed by atoms with van der Waals surface area (Å²) in [6.45, 7) is 8.28. The number of amides is 1. The molecule has 1 aliphatic heterocycles. The molecular weight excluding hydrogens is 418 g/mol. The summed E-state index contributed by atoms with van der Waals surface area (Å²) in [7, 11) is 0. The van der Waals surface area contributed by atoms with Crippen molar-refractivity contribution in [3.8, 4) is 11.3 Å². The fourth-order valence-corrected chi connectivity index (χ4v) is 3.41. The van der Waals surface area contributed by atoms with Crippen LogP contribution in [0.4, 0.5) is 10.5 Å². The number of nitrogens with zero attached hydrogens (tertiary/aromatic N) is 3. The minimum atomic E-state index is -0.623. The van der Waals surface area contributed by atoms with Crippen LogP contribution in [0.5, 0.6) is 0 Å². The molecule has 2 heterocycles. The molecule has 3 rings (SSSR count). The highest BCUT2D eigenvalue weighted by atomic mass is 16.6. The second-order valence-electron chi connectivity index (χ2n) is 8.50. The molecule has 0 N–H and O–H groups in total. The van der Waals surface area contributed by atoms with E-state index in [2.05, 4.69) is 4.98 Å². The number of aromatic nitrogens is 1. The molecule has 0 unspecified atom stereocenters. The number of carbonyl (C=O) groups is 2. The highest BCUT2D eigenvalue weighted by Gasteiger charge is 2.32. The number of hydrogen-bond acceptors (Lipinski definition) is 8. The molecular formula is C22H27N3O7. The van der Waals surface area contributed by atoms with E-state index < -0.39 is 16.5 Å². The number of piperidine rings is 1. The summed E-state index contributed by atoms with van der Waals surface area (Å²) in [6.07, 6.45) is 0.839. The van der Waals surface area contributed by atoms with Gasteiger partial charge in [-0.05, 0) is 52.7 Å². The van der Waals surface area contributed by atoms with Crippen LogP contribution in [0.1, 0.15) is 62.8 Å². The van der Waals surface area contributed by atoms with Crippen molar-refractivity contribution in [3.05, 3.63) is 46.0 Å². The van der Waals surface area contributed by atoms with Crippen molar-refractivity contribution in [1.29, 1.82) is 0 Å². The van der Waals surface area contributed by atoms with Crippen LogP contribution in [0.15, 0.2) is 28.7 Å². The monoisotopic (exact) mass is 445 g/mol. The van der Waals surface area contributed by atoms with Crippen LogP contribution in [0.3, 0.4) is 0 Å². The molecule has 1 aromatic heterocycles. The topological polar surface area (TPSA) is 125 Å². The van der Waals surface area contributed by atoms with Gasteiger partial charge in [0.25, 0.3) is 5.69 Å². The number of benzene rings is 1. The first-order chi connectivity index (χ1) is 15.1. The third kappa shape index (κ3) is 5.43. The molecule has 2 aromatic rings. The van der Waals surface area contributed by atoms with E-state index in [0.29, 0.717) is 37.4 Å². The predicted octanol–water partition coefficient (Wildman–Crippen LogP) is 4.54. The lowest BCUT2D eigenvalue weighted by Gasteiger charge is -2.32. The number of nitro benzene ring substituents is 1. The number of nitro groups is 1. The Kier molecular flexibility index (Phi) is 6.81. The van der Waals surface area contributed by atoms with Gasteiger partial charge in [0.15, 0.2) is 17.3 Å². The van der Waals surface area contributed by atoms with Crippen molar-refractivity contribution in [3.63, 3.8) is 0 Å². The van der Waals surface area contributed by atoms with E-state index in [1.54, 1.807) is 11.8 Å². The first-order valence-corrected chi connectivity index (χ1v) is 10.5. The van der Waals surface area contributed by atoms with Crippen LogP contribution in [0, 0.1) is 10.1 Å². The third-order valence-electron chi connectivity index (χ3n) is 4.95. The molecule has 32 heavy (non-hydrogen) atoms. The van der Waals surface area contributed by atoms with Gasteiger partial charge in [-0.3, -0.25) is 10.1 Å². The van der Waals surface area contributed by atoms with E-state index in [-0.39, 0.29) is 35.8 Å². The molecule has 1 fully saturated rings. The van der Waals surface area contributed by atoms with Crippen LogP contribution in [0.25, 0.3) is 11.3 Å². The number of esters is 1. The standard InChI is InChI=1S/C22H27N3O7/c1-5-30-20(26)17-18(14-6-8-16(9-7-14)25(28)29)31-19(23-17)15-10-12-24(13-11-15)21(27)32-22(2,3)4/h6-9,15H,5,10-13H2,1-4H3. The SMILES string of the molecule is CCOC(=O)c1nc(C2CCN(C(=O)OC(C)(C)C)CC2)oc1-c1ccc([N+](=O)[O-])cc1. The van der Waals surface area contributed by atoms with Gasteiger partial charge in [0.2, 0.25) is 0 Å². The maximum atomic E-state index is 12.5. The number of ether oxygens (including phenoxy) is 2. The third-order valence-corrected chi connectivity index (χ3v) is 4.95. The molecule has 0 saturated carbocycles. The Morgan fingerprint density at radius 1 is 1.22 bits per heavy atom. The molecule has 10 nitrogen and oxygen atoms in total. The van der Waals surface area contributed by atoms with E-state index >= 15 is 0 Å². The van der Waals surface area contributed by atoms with Crippen molar-refractivity contribution < 1.29 is 28.4 Å². The highest BCUT2D eigenvalue weighted by molar-refractivity contribution is 5.93. The van der Waals surface area contributed by atoms with E-state index in [1.807, 2.05) is 20.8 Å². The maximum absolute atomic E-state index is 12.5. The molecule has 0 atom stereocenters. The Hall–Kier alpha value is -3.43. The van der Waals surface area contributed by atoms with E-state index in [9.17, 15) is 19.7 Å². The number of carbonyl (C=O) groups excluding carboxylic acids is 2. The van der Waals surface area contributed by atoms with Crippen molar-refractivity contribution in [2.45, 2.75) is 52.1 Å². The molecule has 1 aliphatic rings. The quantitative estimate of drug-likeness (QED) is 0.373. The Balaban J connectivity index is 1.81. The summed E-state index contributed by atoms with van der Waals surface area (Å²) in [5.74, 6) is -0.121. The number of likely N-dealkylation sites (tertiary alicyclic amines) is 1. The molecule has 0 radical (unpaired) electrons. The number of hydrogen-bond donors (Lipinski definition) is 0. The highest BCUT2D eigenvalue weighted by Crippen LogP contribution is 2.34. The van der Waals surface area contributed by atoms with Crippen LogP contribution in [0.2, 0.25) is 0 Å². The minimum Gasteiger partial charge on any atom is -0.461 e. The van der Waals surface area contributed by atoms with Gasteiger partial charge >= 0.3 is 12.1 Å². The molecule has 0 aliphatic carbocycles. The average molecular weight is 445 g/mol. The molecule has 1 aromatic carbocycles. The second-order valence-corrected chi connectivity index (χ2v) is 8.50. The second kappa shape index (κ2) is 9.37. The average Bonchev–Trinajstić information content (AvgIpc) is 3.18.